The Bertz CT molecular complexity index is 1210. The van der Waals surface area contributed by atoms with E-state index in [0.29, 0.717) is 18.8 Å². The molecular weight excluding hydrogens is 534 g/mol. The van der Waals surface area contributed by atoms with Gasteiger partial charge in [-0.2, -0.15) is 0 Å². The Morgan fingerprint density at radius 2 is 1.76 bits per heavy atom. The maximum absolute atomic E-state index is 12.6. The Kier molecular flexibility index (Phi) is 11.0. The first kappa shape index (κ1) is 31.9. The van der Waals surface area contributed by atoms with Crippen LogP contribution in [0.15, 0.2) is 42.5 Å². The summed E-state index contributed by atoms with van der Waals surface area (Å²) in [4.78, 5) is 26.1. The normalized spacial score (nSPS) is 18.0. The maximum atomic E-state index is 12.6. The summed E-state index contributed by atoms with van der Waals surface area (Å²) in [5.41, 5.74) is 2.69. The van der Waals surface area contributed by atoms with Gasteiger partial charge in [-0.15, -0.1) is 0 Å². The van der Waals surface area contributed by atoms with Crippen LogP contribution in [-0.2, 0) is 27.3 Å². The van der Waals surface area contributed by atoms with Gasteiger partial charge in [-0.3, -0.25) is 4.79 Å². The predicted octanol–water partition coefficient (Wildman–Crippen LogP) is 5.39. The summed E-state index contributed by atoms with van der Waals surface area (Å²) in [6, 6.07) is 13.1. The van der Waals surface area contributed by atoms with E-state index in [0.717, 1.165) is 87.1 Å². The van der Waals surface area contributed by atoms with Crippen molar-refractivity contribution >= 4 is 17.6 Å². The Morgan fingerprint density at radius 1 is 1.00 bits per heavy atom. The van der Waals surface area contributed by atoms with E-state index < -0.39 is 17.4 Å². The number of ether oxygens (including phenoxy) is 3. The number of fused-ring (bicyclic) bond motifs is 1. The summed E-state index contributed by atoms with van der Waals surface area (Å²) in [6.07, 6.45) is 6.62. The molecule has 2 aromatic rings. The third kappa shape index (κ3) is 8.77. The highest BCUT2D eigenvalue weighted by molar-refractivity contribution is 6.23. The zero-order valence-corrected chi connectivity index (χ0v) is 25.5. The number of imide groups is 1. The Morgan fingerprint density at radius 3 is 2.52 bits per heavy atom. The third-order valence-corrected chi connectivity index (χ3v) is 7.66. The molecule has 0 radical (unpaired) electrons. The number of urea groups is 1. The van der Waals surface area contributed by atoms with Gasteiger partial charge in [0.1, 0.15) is 11.3 Å². The highest BCUT2D eigenvalue weighted by Crippen LogP contribution is 2.33. The molecule has 1 saturated heterocycles. The van der Waals surface area contributed by atoms with E-state index in [9.17, 15) is 14.7 Å². The van der Waals surface area contributed by atoms with Gasteiger partial charge >= 0.3 is 6.03 Å². The van der Waals surface area contributed by atoms with Crippen molar-refractivity contribution in [3.05, 3.63) is 59.2 Å². The highest BCUT2D eigenvalue weighted by atomic mass is 16.7. The van der Waals surface area contributed by atoms with Crippen molar-refractivity contribution in [3.8, 4) is 5.75 Å². The number of nitrogens with one attached hydrogen (secondary N) is 2. The second-order valence-electron chi connectivity index (χ2n) is 12.2. The van der Waals surface area contributed by atoms with Crippen LogP contribution in [0.3, 0.4) is 0 Å². The second kappa shape index (κ2) is 14.5. The number of hydrogen-bond acceptors (Lipinski definition) is 7. The number of amides is 3. The van der Waals surface area contributed by atoms with Gasteiger partial charge in [0.25, 0.3) is 5.91 Å². The topological polar surface area (TPSA) is 109 Å². The first-order chi connectivity index (χ1) is 20.1. The summed E-state index contributed by atoms with van der Waals surface area (Å²) < 4.78 is 17.3. The fourth-order valence-electron chi connectivity index (χ4n) is 5.20. The van der Waals surface area contributed by atoms with Gasteiger partial charge in [-0.05, 0) is 87.9 Å². The molecule has 3 N–H and O–H groups in total. The minimum Gasteiger partial charge on any atom is -0.463 e. The summed E-state index contributed by atoms with van der Waals surface area (Å²) >= 11 is 0. The SMILES string of the molecule is CC1(C)OCc2cc([C@@H](O)CNCCCCCCOCCCCc3cccc(N4C(=O)NC(C)(C)C4=O)c3)ccc2O1. The maximum Gasteiger partial charge on any atom is 0.329 e. The van der Waals surface area contributed by atoms with E-state index in [1.54, 1.807) is 19.9 Å². The Labute approximate surface area is 249 Å². The lowest BCUT2D eigenvalue weighted by atomic mass is 10.0. The van der Waals surface area contributed by atoms with Crippen molar-refractivity contribution in [3.63, 3.8) is 0 Å². The molecule has 0 bridgehead atoms. The molecule has 230 valence electrons. The van der Waals surface area contributed by atoms with Gasteiger partial charge in [-0.1, -0.05) is 31.0 Å². The number of carbonyl (C=O) groups is 2. The smallest absolute Gasteiger partial charge is 0.329 e. The van der Waals surface area contributed by atoms with E-state index in [1.165, 1.54) is 4.90 Å². The van der Waals surface area contributed by atoms with Crippen molar-refractivity contribution < 1.29 is 28.9 Å². The van der Waals surface area contributed by atoms with Crippen LogP contribution in [0.2, 0.25) is 0 Å². The fraction of sp³-hybridized carbons (Fsp3) is 0.576. The standard InChI is InChI=1S/C33H47N3O6/c1-32(2)30(38)36(31(39)35-32)27-14-11-13-24(20-27)12-7-10-19-40-18-9-6-5-8-17-34-22-28(37)25-15-16-29-26(21-25)23-41-33(3,4)42-29/h11,13-16,20-21,28,34,37H,5-10,12,17-19,22-23H2,1-4H3,(H,35,39)/t28-/m0/s1. The van der Waals surface area contributed by atoms with Crippen LogP contribution in [0.25, 0.3) is 0 Å². The van der Waals surface area contributed by atoms with Gasteiger partial charge < -0.3 is 30.0 Å². The van der Waals surface area contributed by atoms with E-state index in [1.807, 2.05) is 50.2 Å². The molecule has 1 fully saturated rings. The van der Waals surface area contributed by atoms with E-state index in [-0.39, 0.29) is 11.9 Å². The second-order valence-corrected chi connectivity index (χ2v) is 12.2. The number of unbranched alkanes of at least 4 members (excludes halogenated alkanes) is 4. The number of carbonyl (C=O) groups excluding carboxylic acids is 2. The summed E-state index contributed by atoms with van der Waals surface area (Å²) in [5.74, 6) is -0.0287. The molecular formula is C33H47N3O6. The number of hydrogen-bond donors (Lipinski definition) is 3. The Balaban J connectivity index is 0.997. The lowest BCUT2D eigenvalue weighted by molar-refractivity contribution is -0.180. The minimum atomic E-state index is -0.876. The summed E-state index contributed by atoms with van der Waals surface area (Å²) in [5, 5.41) is 16.6. The molecule has 1 atom stereocenters. The van der Waals surface area contributed by atoms with Gasteiger partial charge in [-0.25, -0.2) is 9.69 Å². The van der Waals surface area contributed by atoms with Crippen molar-refractivity contribution in [2.75, 3.05) is 31.2 Å². The van der Waals surface area contributed by atoms with Crippen molar-refractivity contribution in [1.82, 2.24) is 10.6 Å². The van der Waals surface area contributed by atoms with Crippen LogP contribution in [-0.4, -0.2) is 54.7 Å². The molecule has 9 nitrogen and oxygen atoms in total. The number of aliphatic hydroxyl groups is 1. The number of aryl methyl sites for hydroxylation is 1. The average molecular weight is 582 g/mol. The first-order valence-electron chi connectivity index (χ1n) is 15.2. The Hall–Kier alpha value is -2.98. The quantitative estimate of drug-likeness (QED) is 0.180. The first-order valence-corrected chi connectivity index (χ1v) is 15.2. The summed E-state index contributed by atoms with van der Waals surface area (Å²) in [6.45, 7) is 10.6. The molecule has 2 aromatic carbocycles. The van der Waals surface area contributed by atoms with E-state index in [2.05, 4.69) is 10.6 Å². The molecule has 2 heterocycles. The number of nitrogens with zero attached hydrogens (tertiary/aromatic N) is 1. The fourth-order valence-corrected chi connectivity index (χ4v) is 5.20. The van der Waals surface area contributed by atoms with Crippen LogP contribution < -0.4 is 20.3 Å². The molecule has 2 aliphatic heterocycles. The monoisotopic (exact) mass is 581 g/mol. The van der Waals surface area contributed by atoms with E-state index in [4.69, 9.17) is 14.2 Å². The molecule has 0 aromatic heterocycles. The van der Waals surface area contributed by atoms with Crippen molar-refractivity contribution in [2.45, 2.75) is 96.7 Å². The molecule has 42 heavy (non-hydrogen) atoms. The van der Waals surface area contributed by atoms with Crippen LogP contribution in [0, 0.1) is 0 Å². The third-order valence-electron chi connectivity index (χ3n) is 7.66. The van der Waals surface area contributed by atoms with Crippen LogP contribution in [0.1, 0.15) is 89.0 Å². The highest BCUT2D eigenvalue weighted by Gasteiger charge is 2.45. The summed E-state index contributed by atoms with van der Waals surface area (Å²) in [7, 11) is 0. The van der Waals surface area contributed by atoms with E-state index >= 15 is 0 Å². The van der Waals surface area contributed by atoms with Crippen molar-refractivity contribution in [1.29, 1.82) is 0 Å². The van der Waals surface area contributed by atoms with Crippen LogP contribution in [0.4, 0.5) is 10.5 Å². The number of anilines is 1. The lowest BCUT2D eigenvalue weighted by Crippen LogP contribution is -2.40. The number of benzene rings is 2. The van der Waals surface area contributed by atoms with Crippen molar-refractivity contribution in [2.24, 2.45) is 0 Å². The largest absolute Gasteiger partial charge is 0.463 e. The van der Waals surface area contributed by atoms with Crippen LogP contribution in [0.5, 0.6) is 5.75 Å². The molecule has 0 spiro atoms. The van der Waals surface area contributed by atoms with Crippen LogP contribution >= 0.6 is 0 Å². The van der Waals surface area contributed by atoms with Gasteiger partial charge in [0.05, 0.1) is 18.4 Å². The molecule has 4 rings (SSSR count). The molecule has 2 aliphatic rings. The van der Waals surface area contributed by atoms with Gasteiger partial charge in [0.15, 0.2) is 0 Å². The van der Waals surface area contributed by atoms with Gasteiger partial charge in [0, 0.05) is 39.2 Å². The molecule has 9 heteroatoms. The predicted molar refractivity (Wildman–Crippen MR) is 163 cm³/mol. The lowest BCUT2D eigenvalue weighted by Gasteiger charge is -2.33. The molecule has 0 aliphatic carbocycles. The molecule has 3 amide bonds. The zero-order chi connectivity index (χ0) is 30.2. The zero-order valence-electron chi connectivity index (χ0n) is 25.5. The molecule has 0 unspecified atom stereocenters. The minimum absolute atomic E-state index is 0.231. The molecule has 0 saturated carbocycles. The number of aliphatic hydroxyl groups excluding tert-OH is 1. The number of rotatable bonds is 16. The average Bonchev–Trinajstić information content (AvgIpc) is 3.15. The van der Waals surface area contributed by atoms with Gasteiger partial charge in [0.2, 0.25) is 5.79 Å².